The minimum Gasteiger partial charge on any atom is -0.481 e. The van der Waals surface area contributed by atoms with E-state index < -0.39 is 5.97 Å². The van der Waals surface area contributed by atoms with E-state index in [1.165, 1.54) is 81.8 Å². The molecule has 0 radical (unpaired) electrons. The van der Waals surface area contributed by atoms with Gasteiger partial charge >= 0.3 is 5.97 Å². The zero-order chi connectivity index (χ0) is 26.9. The highest BCUT2D eigenvalue weighted by Gasteiger charge is 2.37. The molecule has 208 valence electrons. The summed E-state index contributed by atoms with van der Waals surface area (Å²) in [7, 11) is 0. The molecule has 2 nitrogen and oxygen atoms in total. The number of hydrogen-bond donors (Lipinski definition) is 1. The van der Waals surface area contributed by atoms with Gasteiger partial charge in [-0.05, 0) is 86.2 Å². The molecule has 2 heteroatoms. The lowest BCUT2D eigenvalue weighted by Crippen LogP contribution is -2.27. The molecule has 0 aromatic heterocycles. The molecule has 0 bridgehead atoms. The summed E-state index contributed by atoms with van der Waals surface area (Å²) in [6.07, 6.45) is 24.4. The molecular weight excluding hydrogens is 464 g/mol. The van der Waals surface area contributed by atoms with Crippen molar-refractivity contribution in [2.75, 3.05) is 0 Å². The van der Waals surface area contributed by atoms with Gasteiger partial charge in [-0.1, -0.05) is 125 Å². The maximum absolute atomic E-state index is 11.8. The molecule has 0 heterocycles. The number of unbranched alkanes of at least 4 members (excludes halogenated alkanes) is 4. The Balaban J connectivity index is 1.57. The Hall–Kier alpha value is -2.35. The number of benzene rings is 2. The molecular formula is C36H52O2. The summed E-state index contributed by atoms with van der Waals surface area (Å²) in [5, 5.41) is 9.74. The molecule has 1 fully saturated rings. The molecule has 2 aromatic rings. The fraction of sp³-hybridized carbons (Fsp3) is 0.583. The molecule has 1 aliphatic carbocycles. The normalized spacial score (nSPS) is 16.6. The van der Waals surface area contributed by atoms with Crippen LogP contribution in [0.1, 0.15) is 121 Å². The molecule has 3 rings (SSSR count). The van der Waals surface area contributed by atoms with Gasteiger partial charge in [0, 0.05) is 6.42 Å². The third-order valence-electron chi connectivity index (χ3n) is 8.86. The van der Waals surface area contributed by atoms with Crippen molar-refractivity contribution in [1.82, 2.24) is 0 Å². The lowest BCUT2D eigenvalue weighted by atomic mass is 9.71. The van der Waals surface area contributed by atoms with E-state index in [9.17, 15) is 9.90 Å². The second-order valence-electron chi connectivity index (χ2n) is 11.9. The fourth-order valence-electron chi connectivity index (χ4n) is 6.72. The maximum Gasteiger partial charge on any atom is 0.303 e. The second-order valence-corrected chi connectivity index (χ2v) is 11.9. The highest BCUT2D eigenvalue weighted by atomic mass is 16.4. The Morgan fingerprint density at radius 2 is 1.53 bits per heavy atom. The number of hydrogen-bond acceptors (Lipinski definition) is 1. The summed E-state index contributed by atoms with van der Waals surface area (Å²) in [5.41, 5.74) is 3.03. The number of carboxylic acids is 1. The van der Waals surface area contributed by atoms with Crippen molar-refractivity contribution in [3.8, 4) is 0 Å². The molecule has 1 aliphatic rings. The predicted octanol–water partition coefficient (Wildman–Crippen LogP) is 10.3. The lowest BCUT2D eigenvalue weighted by Gasteiger charge is -2.34. The van der Waals surface area contributed by atoms with Gasteiger partial charge in [0.15, 0.2) is 0 Å². The van der Waals surface area contributed by atoms with E-state index in [1.807, 2.05) is 0 Å². The summed E-state index contributed by atoms with van der Waals surface area (Å²) >= 11 is 0. The van der Waals surface area contributed by atoms with E-state index in [0.717, 1.165) is 32.1 Å². The van der Waals surface area contributed by atoms with Crippen LogP contribution in [-0.2, 0) is 16.6 Å². The van der Waals surface area contributed by atoms with Gasteiger partial charge in [-0.15, -0.1) is 0 Å². The van der Waals surface area contributed by atoms with Crippen LogP contribution in [-0.4, -0.2) is 11.1 Å². The van der Waals surface area contributed by atoms with Gasteiger partial charge in [0.2, 0.25) is 0 Å². The second kappa shape index (κ2) is 17.3. The predicted molar refractivity (Wildman–Crippen MR) is 162 cm³/mol. The molecule has 0 unspecified atom stereocenters. The van der Waals surface area contributed by atoms with Crippen molar-refractivity contribution in [3.63, 3.8) is 0 Å². The van der Waals surface area contributed by atoms with Crippen LogP contribution in [0.25, 0.3) is 0 Å². The molecule has 1 saturated carbocycles. The Bertz CT molecular complexity index is 911. The topological polar surface area (TPSA) is 37.3 Å². The van der Waals surface area contributed by atoms with Crippen molar-refractivity contribution < 1.29 is 9.90 Å². The lowest BCUT2D eigenvalue weighted by molar-refractivity contribution is -0.138. The average molecular weight is 517 g/mol. The third-order valence-corrected chi connectivity index (χ3v) is 8.86. The van der Waals surface area contributed by atoms with Crippen LogP contribution < -0.4 is 0 Å². The summed E-state index contributed by atoms with van der Waals surface area (Å²) < 4.78 is 0. The van der Waals surface area contributed by atoms with Gasteiger partial charge in [0.1, 0.15) is 0 Å². The van der Waals surface area contributed by atoms with E-state index in [-0.39, 0.29) is 11.3 Å². The van der Waals surface area contributed by atoms with Crippen molar-refractivity contribution in [2.24, 2.45) is 11.8 Å². The monoisotopic (exact) mass is 516 g/mol. The quantitative estimate of drug-likeness (QED) is 0.149. The zero-order valence-corrected chi connectivity index (χ0v) is 24.0. The highest BCUT2D eigenvalue weighted by Crippen LogP contribution is 2.47. The Labute approximate surface area is 233 Å². The van der Waals surface area contributed by atoms with Crippen molar-refractivity contribution >= 4 is 5.97 Å². The molecule has 0 amide bonds. The average Bonchev–Trinajstić information content (AvgIpc) is 3.41. The fourth-order valence-corrected chi connectivity index (χ4v) is 6.72. The number of rotatable bonds is 19. The van der Waals surface area contributed by atoms with Crippen LogP contribution in [0.5, 0.6) is 0 Å². The smallest absolute Gasteiger partial charge is 0.303 e. The van der Waals surface area contributed by atoms with Crippen LogP contribution in [0.3, 0.4) is 0 Å². The summed E-state index contributed by atoms with van der Waals surface area (Å²) in [5.74, 6) is 0.291. The van der Waals surface area contributed by atoms with E-state index in [1.54, 1.807) is 0 Å². The van der Waals surface area contributed by atoms with E-state index in [4.69, 9.17) is 0 Å². The molecule has 1 N–H and O–H groups in total. The summed E-state index contributed by atoms with van der Waals surface area (Å²) in [6.45, 7) is 2.27. The van der Waals surface area contributed by atoms with E-state index >= 15 is 0 Å². The van der Waals surface area contributed by atoms with E-state index in [0.29, 0.717) is 12.3 Å². The van der Waals surface area contributed by atoms with Crippen LogP contribution in [0, 0.1) is 11.8 Å². The Kier molecular flexibility index (Phi) is 13.7. The van der Waals surface area contributed by atoms with Gasteiger partial charge in [-0.2, -0.15) is 0 Å². The van der Waals surface area contributed by atoms with Crippen LogP contribution in [0.15, 0.2) is 72.8 Å². The van der Waals surface area contributed by atoms with Crippen molar-refractivity contribution in [2.45, 2.75) is 121 Å². The van der Waals surface area contributed by atoms with Gasteiger partial charge in [0.25, 0.3) is 0 Å². The van der Waals surface area contributed by atoms with Crippen LogP contribution in [0.2, 0.25) is 0 Å². The van der Waals surface area contributed by atoms with Gasteiger partial charge < -0.3 is 5.11 Å². The van der Waals surface area contributed by atoms with Gasteiger partial charge in [0.05, 0.1) is 0 Å². The molecule has 2 atom stereocenters. The van der Waals surface area contributed by atoms with Gasteiger partial charge in [-0.3, -0.25) is 4.79 Å². The van der Waals surface area contributed by atoms with Crippen LogP contribution >= 0.6 is 0 Å². The minimum absolute atomic E-state index is 0.175. The van der Waals surface area contributed by atoms with Crippen molar-refractivity contribution in [1.29, 1.82) is 0 Å². The Morgan fingerprint density at radius 1 is 0.842 bits per heavy atom. The van der Waals surface area contributed by atoms with Crippen LogP contribution in [0.4, 0.5) is 0 Å². The number of aliphatic carboxylic acids is 1. The SMILES string of the molecule is CCCCCC/C=C\C[C@H](CCC[C@H](CC(=O)O)CC1(c2ccccc2)CCCC1)CCc1ccccc1. The third kappa shape index (κ3) is 10.8. The minimum atomic E-state index is -0.636. The van der Waals surface area contributed by atoms with Crippen molar-refractivity contribution in [3.05, 3.63) is 83.9 Å². The molecule has 0 spiro atoms. The molecule has 0 saturated heterocycles. The number of allylic oxidation sites excluding steroid dienone is 2. The Morgan fingerprint density at radius 3 is 2.21 bits per heavy atom. The number of aryl methyl sites for hydroxylation is 1. The first-order valence-electron chi connectivity index (χ1n) is 15.6. The van der Waals surface area contributed by atoms with Gasteiger partial charge in [-0.25, -0.2) is 0 Å². The first-order chi connectivity index (χ1) is 18.6. The summed E-state index contributed by atoms with van der Waals surface area (Å²) in [4.78, 5) is 11.8. The number of carboxylic acid groups (broad SMARTS) is 1. The molecule has 0 aliphatic heterocycles. The largest absolute Gasteiger partial charge is 0.481 e. The standard InChI is InChI=1S/C36H52O2/c1-2-3-4-5-6-7-10-18-32(26-25-31-19-11-8-12-20-31)21-17-22-33(29-35(37)38)30-36(27-15-16-28-36)34-23-13-9-14-24-34/h7-14,19-20,23-24,32-33H,2-6,15-18,21-22,25-30H2,1H3,(H,37,38)/b10-7-/t32-,33-/m1/s1. The first kappa shape index (κ1) is 30.2. The number of carbonyl (C=O) groups is 1. The summed E-state index contributed by atoms with van der Waals surface area (Å²) in [6, 6.07) is 21.8. The zero-order valence-electron chi connectivity index (χ0n) is 24.0. The maximum atomic E-state index is 11.8. The first-order valence-corrected chi connectivity index (χ1v) is 15.6. The van der Waals surface area contributed by atoms with E-state index in [2.05, 4.69) is 79.7 Å². The highest BCUT2D eigenvalue weighted by molar-refractivity contribution is 5.67. The molecule has 38 heavy (non-hydrogen) atoms. The molecule has 2 aromatic carbocycles.